The molecule has 0 aromatic carbocycles. The molecule has 0 saturated carbocycles. The molecule has 1 heterocycles. The van der Waals surface area contributed by atoms with Crippen molar-refractivity contribution in [2.45, 2.75) is 11.8 Å². The van der Waals surface area contributed by atoms with Crippen molar-refractivity contribution in [3.8, 4) is 0 Å². The third kappa shape index (κ3) is 1.68. The van der Waals surface area contributed by atoms with Crippen molar-refractivity contribution >= 4 is 12.1 Å². The Kier molecular flexibility index (Phi) is 2.05. The summed E-state index contributed by atoms with van der Waals surface area (Å²) in [6.45, 7) is 1.88. The second-order valence-electron chi connectivity index (χ2n) is 1.78. The number of hydrogen-bond acceptors (Lipinski definition) is 2. The Labute approximate surface area is 57.6 Å². The maximum Gasteiger partial charge on any atom is 0.0828 e. The van der Waals surface area contributed by atoms with Gasteiger partial charge in [-0.05, 0) is 18.6 Å². The van der Waals surface area contributed by atoms with Gasteiger partial charge in [0.25, 0.3) is 0 Å². The Bertz CT molecular complexity index is 202. The fraction of sp³-hybridized carbons (Fsp3) is 0.167. The van der Waals surface area contributed by atoms with Gasteiger partial charge >= 0.3 is 0 Å². The lowest BCUT2D eigenvalue weighted by Gasteiger charge is -1.91. The average Bonchev–Trinajstić information content (AvgIpc) is 1.88. The van der Waals surface area contributed by atoms with Crippen LogP contribution in [0.25, 0.3) is 0 Å². The van der Waals surface area contributed by atoms with Crippen LogP contribution in [-0.4, -0.2) is 4.98 Å². The summed E-state index contributed by atoms with van der Waals surface area (Å²) in [5.41, 5.74) is 0.984. The van der Waals surface area contributed by atoms with Crippen molar-refractivity contribution in [1.29, 1.82) is 0 Å². The molecule has 0 fully saturated rings. The van der Waals surface area contributed by atoms with Crippen LogP contribution in [0.3, 0.4) is 0 Å². The van der Waals surface area contributed by atoms with E-state index in [0.29, 0.717) is 4.90 Å². The molecule has 0 aliphatic heterocycles. The molecule has 3 heteroatoms. The highest BCUT2D eigenvalue weighted by atomic mass is 32.2. The van der Waals surface area contributed by atoms with E-state index in [1.54, 1.807) is 12.3 Å². The summed E-state index contributed by atoms with van der Waals surface area (Å²) in [6, 6.07) is 1.75. The molecule has 0 spiro atoms. The van der Waals surface area contributed by atoms with Gasteiger partial charge in [0, 0.05) is 12.4 Å². The lowest BCUT2D eigenvalue weighted by atomic mass is 10.3. The number of hydrogen-bond donors (Lipinski definition) is 0. The molecule has 9 heavy (non-hydrogen) atoms. The SMILES string of the molecule is Cc1cncc(SF)c1. The molecule has 0 unspecified atom stereocenters. The molecule has 48 valence electrons. The lowest BCUT2D eigenvalue weighted by Crippen LogP contribution is -1.75. The van der Waals surface area contributed by atoms with E-state index in [1.807, 2.05) is 6.92 Å². The first-order valence-electron chi connectivity index (χ1n) is 2.53. The molecule has 0 radical (unpaired) electrons. The third-order valence-electron chi connectivity index (χ3n) is 0.939. The summed E-state index contributed by atoms with van der Waals surface area (Å²) in [5, 5.41) is 0. The molecule has 1 rings (SSSR count). The van der Waals surface area contributed by atoms with Gasteiger partial charge in [0.2, 0.25) is 0 Å². The van der Waals surface area contributed by atoms with Crippen molar-refractivity contribution in [3.05, 3.63) is 24.0 Å². The molecule has 0 saturated heterocycles. The second kappa shape index (κ2) is 2.82. The van der Waals surface area contributed by atoms with Gasteiger partial charge < -0.3 is 0 Å². The Morgan fingerprint density at radius 2 is 2.33 bits per heavy atom. The molecular formula is C6H6FNS. The van der Waals surface area contributed by atoms with E-state index in [1.165, 1.54) is 6.20 Å². The predicted octanol–water partition coefficient (Wildman–Crippen LogP) is 2.37. The molecule has 0 atom stereocenters. The summed E-state index contributed by atoms with van der Waals surface area (Å²) in [6.07, 6.45) is 3.19. The van der Waals surface area contributed by atoms with Crippen LogP contribution in [0.2, 0.25) is 0 Å². The molecule has 0 aliphatic carbocycles. The number of nitrogens with zero attached hydrogens (tertiary/aromatic N) is 1. The molecule has 0 bridgehead atoms. The van der Waals surface area contributed by atoms with Crippen molar-refractivity contribution in [3.63, 3.8) is 0 Å². The van der Waals surface area contributed by atoms with Gasteiger partial charge in [0.1, 0.15) is 0 Å². The second-order valence-corrected chi connectivity index (χ2v) is 2.40. The van der Waals surface area contributed by atoms with Crippen LogP contribution in [0.1, 0.15) is 5.56 Å². The quantitative estimate of drug-likeness (QED) is 0.598. The maximum absolute atomic E-state index is 11.8. The zero-order valence-corrected chi connectivity index (χ0v) is 5.78. The van der Waals surface area contributed by atoms with Gasteiger partial charge in [-0.2, -0.15) is 3.89 Å². The summed E-state index contributed by atoms with van der Waals surface area (Å²) in [7, 11) is 0. The number of aryl methyl sites for hydroxylation is 1. The van der Waals surface area contributed by atoms with E-state index in [2.05, 4.69) is 4.98 Å². The van der Waals surface area contributed by atoms with Gasteiger partial charge in [-0.15, -0.1) is 0 Å². The highest BCUT2D eigenvalue weighted by molar-refractivity contribution is 7.94. The topological polar surface area (TPSA) is 12.9 Å². The minimum atomic E-state index is 0.220. The summed E-state index contributed by atoms with van der Waals surface area (Å²) < 4.78 is 11.8. The summed E-state index contributed by atoms with van der Waals surface area (Å²) in [5.74, 6) is 0. The highest BCUT2D eigenvalue weighted by Gasteiger charge is 1.90. The fourth-order valence-electron chi connectivity index (χ4n) is 0.569. The minimum absolute atomic E-state index is 0.220. The van der Waals surface area contributed by atoms with Crippen molar-refractivity contribution in [2.75, 3.05) is 0 Å². The predicted molar refractivity (Wildman–Crippen MR) is 35.9 cm³/mol. The number of rotatable bonds is 1. The molecule has 1 nitrogen and oxygen atoms in total. The molecule has 0 aliphatic rings. The van der Waals surface area contributed by atoms with E-state index in [4.69, 9.17) is 0 Å². The monoisotopic (exact) mass is 143 g/mol. The molecule has 0 amide bonds. The Morgan fingerprint density at radius 3 is 2.78 bits per heavy atom. The van der Waals surface area contributed by atoms with Crippen LogP contribution < -0.4 is 0 Å². The third-order valence-corrected chi connectivity index (χ3v) is 1.34. The Hall–Kier alpha value is -0.570. The number of aromatic nitrogens is 1. The normalized spacial score (nSPS) is 9.56. The van der Waals surface area contributed by atoms with Crippen LogP contribution in [0, 0.1) is 6.92 Å². The van der Waals surface area contributed by atoms with Crippen LogP contribution >= 0.6 is 12.1 Å². The first-order chi connectivity index (χ1) is 4.33. The van der Waals surface area contributed by atoms with Gasteiger partial charge in [-0.25, -0.2) is 0 Å². The summed E-state index contributed by atoms with van der Waals surface area (Å²) >= 11 is 0.220. The zero-order valence-electron chi connectivity index (χ0n) is 4.97. The zero-order chi connectivity index (χ0) is 6.69. The molecule has 1 aromatic heterocycles. The van der Waals surface area contributed by atoms with E-state index in [0.717, 1.165) is 5.56 Å². The smallest absolute Gasteiger partial charge is 0.0828 e. The molecular weight excluding hydrogens is 137 g/mol. The van der Waals surface area contributed by atoms with Crippen molar-refractivity contribution < 1.29 is 3.89 Å². The lowest BCUT2D eigenvalue weighted by molar-refractivity contribution is 0.931. The largest absolute Gasteiger partial charge is 0.263 e. The standard InChI is InChI=1S/C6H6FNS/c1-5-2-6(9-7)4-8-3-5/h2-4H,1H3. The molecule has 1 aromatic rings. The fourth-order valence-corrected chi connectivity index (χ4v) is 0.901. The Morgan fingerprint density at radius 1 is 1.56 bits per heavy atom. The minimum Gasteiger partial charge on any atom is -0.263 e. The number of halogens is 1. The average molecular weight is 143 g/mol. The maximum atomic E-state index is 11.8. The summed E-state index contributed by atoms with van der Waals surface area (Å²) in [4.78, 5) is 4.36. The Balaban J connectivity index is 2.94. The van der Waals surface area contributed by atoms with Gasteiger partial charge in [0.05, 0.1) is 17.0 Å². The first kappa shape index (κ1) is 6.55. The van der Waals surface area contributed by atoms with Gasteiger partial charge in [0.15, 0.2) is 0 Å². The van der Waals surface area contributed by atoms with E-state index >= 15 is 0 Å². The van der Waals surface area contributed by atoms with Crippen molar-refractivity contribution in [1.82, 2.24) is 4.98 Å². The van der Waals surface area contributed by atoms with Crippen LogP contribution in [0.4, 0.5) is 3.89 Å². The van der Waals surface area contributed by atoms with E-state index < -0.39 is 0 Å². The van der Waals surface area contributed by atoms with E-state index in [-0.39, 0.29) is 12.1 Å². The van der Waals surface area contributed by atoms with Crippen molar-refractivity contribution in [2.24, 2.45) is 0 Å². The van der Waals surface area contributed by atoms with Gasteiger partial charge in [-0.1, -0.05) is 0 Å². The first-order valence-corrected chi connectivity index (χ1v) is 3.25. The number of pyridine rings is 1. The van der Waals surface area contributed by atoms with Crippen LogP contribution in [-0.2, 0) is 0 Å². The molecule has 0 N–H and O–H groups in total. The van der Waals surface area contributed by atoms with Crippen LogP contribution in [0.5, 0.6) is 0 Å². The highest BCUT2D eigenvalue weighted by Crippen LogP contribution is 2.17. The van der Waals surface area contributed by atoms with E-state index in [9.17, 15) is 3.89 Å². The van der Waals surface area contributed by atoms with Crippen LogP contribution in [0.15, 0.2) is 23.4 Å². The van der Waals surface area contributed by atoms with Gasteiger partial charge in [-0.3, -0.25) is 4.98 Å².